The minimum absolute atomic E-state index is 0.0298. The van der Waals surface area contributed by atoms with Crippen molar-refractivity contribution < 1.29 is 97.0 Å². The van der Waals surface area contributed by atoms with Crippen molar-refractivity contribution in [3.63, 3.8) is 0 Å². The summed E-state index contributed by atoms with van der Waals surface area (Å²) in [7, 11) is 1.01. The van der Waals surface area contributed by atoms with Crippen LogP contribution in [-0.4, -0.2) is 75.8 Å². The number of carboxylic acids is 2. The van der Waals surface area contributed by atoms with Crippen LogP contribution in [0.1, 0.15) is 70.6 Å². The van der Waals surface area contributed by atoms with E-state index in [4.69, 9.17) is 4.74 Å². The molecule has 0 bridgehead atoms. The molecule has 0 aromatic heterocycles. The Balaban J connectivity index is 1.89. The molecule has 4 aromatic carbocycles. The highest BCUT2D eigenvalue weighted by molar-refractivity contribution is 6.11. The van der Waals surface area contributed by atoms with Gasteiger partial charge >= 0.3 is 36.6 Å². The van der Waals surface area contributed by atoms with Crippen LogP contribution in [0.3, 0.4) is 0 Å². The molecule has 4 rings (SSSR count). The molecular weight excluding hydrogens is 844 g/mol. The van der Waals surface area contributed by atoms with E-state index in [2.05, 4.69) is 5.32 Å². The molecule has 11 nitrogen and oxygen atoms in total. The molecule has 0 unspecified atom stereocenters. The number of halogens is 12. The maximum atomic E-state index is 14.1. The Morgan fingerprint density at radius 1 is 0.550 bits per heavy atom. The Hall–Kier alpha value is -6.36. The van der Waals surface area contributed by atoms with Gasteiger partial charge in [0.15, 0.2) is 5.78 Å². The third-order valence-electron chi connectivity index (χ3n) is 8.72. The monoisotopic (exact) mass is 870 g/mol. The van der Waals surface area contributed by atoms with Crippen LogP contribution in [0.5, 0.6) is 11.5 Å². The zero-order valence-electron chi connectivity index (χ0n) is 30.0. The summed E-state index contributed by atoms with van der Waals surface area (Å²) < 4.78 is 172. The van der Waals surface area contributed by atoms with Gasteiger partial charge in [0, 0.05) is 35.1 Å². The van der Waals surface area contributed by atoms with Crippen molar-refractivity contribution in [3.05, 3.63) is 117 Å². The average molecular weight is 871 g/mol. The first-order valence-corrected chi connectivity index (χ1v) is 16.3. The van der Waals surface area contributed by atoms with Crippen molar-refractivity contribution in [2.75, 3.05) is 17.7 Å². The van der Waals surface area contributed by atoms with Crippen molar-refractivity contribution in [3.8, 4) is 11.5 Å². The smallest absolute Gasteiger partial charge is 0.430 e. The Bertz CT molecular complexity index is 2330. The standard InChI is InChI=1S/C37H26F12N2O9/c1-16(52)27-14-23(3-5-25(27)30(54)55)60-24-4-6-26(31(56)57)28(15-24)29(53)51-22-11-18(9-20(13-22)33(59,36(44,45)46)37(47,48)49)7-17-8-19(12-21(10-17)50-2)32(58,34(38,39)40)35(41,42)43/h3-6,8-15,50,58-59H,7H2,1-2H3,(H,51,53)(H,54,55)(H,56,57). The van der Waals surface area contributed by atoms with Crippen LogP contribution in [0.25, 0.3) is 0 Å². The lowest BCUT2D eigenvalue weighted by Gasteiger charge is -2.33. The number of amides is 1. The van der Waals surface area contributed by atoms with Gasteiger partial charge in [0.25, 0.3) is 17.1 Å². The van der Waals surface area contributed by atoms with Gasteiger partial charge in [-0.3, -0.25) is 9.59 Å². The zero-order chi connectivity index (χ0) is 45.6. The number of ether oxygens (including phenoxy) is 1. The fourth-order valence-corrected chi connectivity index (χ4v) is 5.79. The number of alkyl halides is 12. The molecule has 0 radical (unpaired) electrons. The van der Waals surface area contributed by atoms with Crippen LogP contribution in [0, 0.1) is 0 Å². The van der Waals surface area contributed by atoms with E-state index in [-0.39, 0.29) is 35.6 Å². The Kier molecular flexibility index (Phi) is 12.4. The molecule has 0 saturated heterocycles. The number of rotatable bonds is 12. The Labute approximate surface area is 327 Å². The number of carbonyl (C=O) groups excluding carboxylic acids is 2. The predicted molar refractivity (Wildman–Crippen MR) is 182 cm³/mol. The summed E-state index contributed by atoms with van der Waals surface area (Å²) >= 11 is 0. The maximum Gasteiger partial charge on any atom is 0.430 e. The second-order valence-electron chi connectivity index (χ2n) is 12.8. The number of benzene rings is 4. The molecular formula is C37H26F12N2O9. The van der Waals surface area contributed by atoms with Crippen LogP contribution in [0.2, 0.25) is 0 Å². The van der Waals surface area contributed by atoms with E-state index in [1.807, 2.05) is 5.32 Å². The molecule has 6 N–H and O–H groups in total. The second kappa shape index (κ2) is 16.0. The molecule has 322 valence electrons. The molecule has 4 aromatic rings. The van der Waals surface area contributed by atoms with Gasteiger partial charge in [0.2, 0.25) is 0 Å². The highest BCUT2D eigenvalue weighted by atomic mass is 19.4. The molecule has 60 heavy (non-hydrogen) atoms. The van der Waals surface area contributed by atoms with E-state index < -0.39 is 122 Å². The summed E-state index contributed by atoms with van der Waals surface area (Å²) in [5.41, 5.74) is -20.8. The SMILES string of the molecule is CNc1cc(Cc2cc(NC(=O)c3cc(Oc4ccc(C(=O)O)c(C(C)=O)c4)ccc3C(=O)O)cc(C(O)(C(F)(F)F)C(F)(F)F)c2)cc(C(O)(C(F)(F)F)C(F)(F)F)c1. The average Bonchev–Trinajstić information content (AvgIpc) is 3.11. The summed E-state index contributed by atoms with van der Waals surface area (Å²) in [4.78, 5) is 49.1. The van der Waals surface area contributed by atoms with Gasteiger partial charge in [-0.2, -0.15) is 52.7 Å². The van der Waals surface area contributed by atoms with E-state index in [9.17, 15) is 92.3 Å². The lowest BCUT2D eigenvalue weighted by atomic mass is 9.87. The minimum atomic E-state index is -6.56. The summed E-state index contributed by atoms with van der Waals surface area (Å²) in [5, 5.41) is 43.4. The van der Waals surface area contributed by atoms with Crippen LogP contribution >= 0.6 is 0 Å². The topological polar surface area (TPSA) is 182 Å². The lowest BCUT2D eigenvalue weighted by molar-refractivity contribution is -0.376. The predicted octanol–water partition coefficient (Wildman–Crippen LogP) is 8.59. The molecule has 0 aliphatic heterocycles. The summed E-state index contributed by atoms with van der Waals surface area (Å²) in [6.07, 6.45) is -27.1. The van der Waals surface area contributed by atoms with Crippen molar-refractivity contribution in [1.82, 2.24) is 0 Å². The van der Waals surface area contributed by atoms with Gasteiger partial charge in [0.05, 0.1) is 16.7 Å². The summed E-state index contributed by atoms with van der Waals surface area (Å²) in [6.45, 7) is 1.03. The second-order valence-corrected chi connectivity index (χ2v) is 12.8. The quantitative estimate of drug-likeness (QED) is 0.0596. The number of Topliss-reactive ketones (excluding diaryl/α,β-unsaturated/α-hetero) is 1. The Morgan fingerprint density at radius 2 is 0.933 bits per heavy atom. The molecule has 23 heteroatoms. The Morgan fingerprint density at radius 3 is 1.32 bits per heavy atom. The molecule has 0 heterocycles. The van der Waals surface area contributed by atoms with Crippen LogP contribution in [-0.2, 0) is 17.6 Å². The third-order valence-corrected chi connectivity index (χ3v) is 8.72. The van der Waals surface area contributed by atoms with Crippen LogP contribution in [0.15, 0.2) is 72.8 Å². The van der Waals surface area contributed by atoms with Gasteiger partial charge in [-0.1, -0.05) is 12.1 Å². The van der Waals surface area contributed by atoms with Crippen LogP contribution in [0.4, 0.5) is 64.1 Å². The fraction of sp³-hybridized carbons (Fsp3) is 0.243. The number of hydrogen-bond acceptors (Lipinski definition) is 8. The minimum Gasteiger partial charge on any atom is -0.478 e. The number of hydrogen-bond donors (Lipinski definition) is 6. The molecule has 0 spiro atoms. The summed E-state index contributed by atoms with van der Waals surface area (Å²) in [6, 6.07) is 7.27. The number of ketones is 1. The fourth-order valence-electron chi connectivity index (χ4n) is 5.79. The van der Waals surface area contributed by atoms with Crippen molar-refractivity contribution in [2.45, 2.75) is 49.3 Å². The van der Waals surface area contributed by atoms with E-state index in [1.165, 1.54) is 0 Å². The van der Waals surface area contributed by atoms with E-state index in [1.54, 1.807) is 0 Å². The number of aromatic carboxylic acids is 2. The first kappa shape index (κ1) is 46.3. The first-order chi connectivity index (χ1) is 27.3. The van der Waals surface area contributed by atoms with Gasteiger partial charge in [0.1, 0.15) is 11.5 Å². The van der Waals surface area contributed by atoms with Crippen molar-refractivity contribution >= 4 is 35.0 Å². The lowest BCUT2D eigenvalue weighted by Crippen LogP contribution is -2.54. The molecule has 1 amide bonds. The number of carbonyl (C=O) groups is 4. The normalized spacial score (nSPS) is 12.8. The number of carboxylic acid groups (broad SMARTS) is 2. The van der Waals surface area contributed by atoms with Gasteiger partial charge in [-0.15, -0.1) is 0 Å². The number of anilines is 2. The largest absolute Gasteiger partial charge is 0.478 e. The van der Waals surface area contributed by atoms with Crippen molar-refractivity contribution in [2.24, 2.45) is 0 Å². The summed E-state index contributed by atoms with van der Waals surface area (Å²) in [5.74, 6) is -6.22. The van der Waals surface area contributed by atoms with E-state index in [0.29, 0.717) is 6.07 Å². The highest BCUT2D eigenvalue weighted by Gasteiger charge is 2.72. The van der Waals surface area contributed by atoms with Gasteiger partial charge < -0.3 is 35.8 Å². The number of nitrogens with one attached hydrogen (secondary N) is 2. The number of aliphatic hydroxyl groups is 2. The molecule has 0 aliphatic carbocycles. The molecule has 0 atom stereocenters. The van der Waals surface area contributed by atoms with E-state index >= 15 is 0 Å². The molecule has 0 saturated carbocycles. The van der Waals surface area contributed by atoms with E-state index in [0.717, 1.165) is 56.4 Å². The van der Waals surface area contributed by atoms with Crippen LogP contribution < -0.4 is 15.4 Å². The first-order valence-electron chi connectivity index (χ1n) is 16.3. The van der Waals surface area contributed by atoms with Gasteiger partial charge in [-0.25, -0.2) is 9.59 Å². The molecule has 0 aliphatic rings. The third kappa shape index (κ3) is 8.95. The molecule has 0 fully saturated rings. The van der Waals surface area contributed by atoms with Crippen molar-refractivity contribution in [1.29, 1.82) is 0 Å². The van der Waals surface area contributed by atoms with Gasteiger partial charge in [-0.05, 0) is 85.1 Å². The maximum absolute atomic E-state index is 14.1. The zero-order valence-corrected chi connectivity index (χ0v) is 30.0. The highest BCUT2D eigenvalue weighted by Crippen LogP contribution is 2.52.